The third-order valence-corrected chi connectivity index (χ3v) is 12.9. The molecule has 0 radical (unpaired) electrons. The van der Waals surface area contributed by atoms with Crippen molar-refractivity contribution in [2.24, 2.45) is 56.2 Å². The van der Waals surface area contributed by atoms with Gasteiger partial charge in [-0.2, -0.15) is 0 Å². The predicted molar refractivity (Wildman–Crippen MR) is 136 cm³/mol. The number of carbonyl (C=O) groups excluding carboxylic acids is 3. The number of hydrogen-bond acceptors (Lipinski definition) is 4. The number of Topliss-reactive ketones (excluding diaryl/α,β-unsaturated/α-hetero) is 1. The number of ether oxygens (including phenoxy) is 1. The fourth-order valence-corrected chi connectivity index (χ4v) is 10.6. The van der Waals surface area contributed by atoms with Gasteiger partial charge in [0.15, 0.2) is 5.78 Å². The summed E-state index contributed by atoms with van der Waals surface area (Å²) in [5.41, 5.74) is -1.13. The van der Waals surface area contributed by atoms with Crippen molar-refractivity contribution >= 4 is 17.5 Å². The Hall–Kier alpha value is -1.45. The summed E-state index contributed by atoms with van der Waals surface area (Å²) in [6.07, 6.45) is 11.1. The van der Waals surface area contributed by atoms with Crippen LogP contribution in [0.15, 0.2) is 12.2 Å². The van der Waals surface area contributed by atoms with Gasteiger partial charge in [0, 0.05) is 17.8 Å². The van der Waals surface area contributed by atoms with Gasteiger partial charge in [0.05, 0.1) is 12.5 Å². The summed E-state index contributed by atoms with van der Waals surface area (Å²) in [6.45, 7) is 16.0. The lowest BCUT2D eigenvalue weighted by molar-refractivity contribution is -0.226. The molecule has 0 aromatic carbocycles. The van der Waals surface area contributed by atoms with E-state index < -0.39 is 10.8 Å². The van der Waals surface area contributed by atoms with E-state index in [4.69, 9.17) is 4.74 Å². The average Bonchev–Trinajstić information content (AvgIpc) is 2.77. The molecule has 0 aromatic rings. The minimum absolute atomic E-state index is 0.0124. The molecule has 4 heteroatoms. The number of allylic oxidation sites excluding steroid dienone is 2. The van der Waals surface area contributed by atoms with Crippen molar-refractivity contribution in [2.75, 3.05) is 7.11 Å². The number of rotatable bonds is 1. The predicted octanol–water partition coefficient (Wildman–Crippen LogP) is 6.57. The van der Waals surface area contributed by atoms with E-state index in [2.05, 4.69) is 54.5 Å². The highest BCUT2D eigenvalue weighted by atomic mass is 16.5. The molecular weight excluding hydrogens is 436 g/mol. The van der Waals surface area contributed by atoms with Gasteiger partial charge < -0.3 is 4.74 Å². The molecule has 0 aromatic heterocycles. The first-order valence-corrected chi connectivity index (χ1v) is 13.9. The van der Waals surface area contributed by atoms with Crippen LogP contribution in [0.3, 0.4) is 0 Å². The SMILES string of the molecule is COC(=O)[C@]12CCC(C)(C)C[C@H]1[C@H]1C(=O)C[C@@H]3[C@@]4(C)C=CC(=O)C(C)(C)[C@@H]4CC[C@@]3(C)[C@]1(C)CC2. The summed E-state index contributed by atoms with van der Waals surface area (Å²) in [6, 6.07) is 0. The summed E-state index contributed by atoms with van der Waals surface area (Å²) >= 11 is 0. The largest absolute Gasteiger partial charge is 0.469 e. The highest BCUT2D eigenvalue weighted by Crippen LogP contribution is 2.75. The minimum Gasteiger partial charge on any atom is -0.469 e. The van der Waals surface area contributed by atoms with Crippen LogP contribution in [-0.4, -0.2) is 24.6 Å². The van der Waals surface area contributed by atoms with Crippen LogP contribution in [0.4, 0.5) is 0 Å². The lowest BCUT2D eigenvalue weighted by Crippen LogP contribution is -2.69. The lowest BCUT2D eigenvalue weighted by Gasteiger charge is -2.71. The molecule has 0 spiro atoms. The van der Waals surface area contributed by atoms with E-state index in [-0.39, 0.29) is 57.1 Å². The fourth-order valence-electron chi connectivity index (χ4n) is 10.6. The first-order valence-electron chi connectivity index (χ1n) is 13.9. The van der Waals surface area contributed by atoms with Crippen LogP contribution in [0.2, 0.25) is 0 Å². The molecule has 35 heavy (non-hydrogen) atoms. The zero-order valence-electron chi connectivity index (χ0n) is 23.3. The zero-order valence-corrected chi connectivity index (χ0v) is 23.3. The van der Waals surface area contributed by atoms with E-state index in [1.165, 1.54) is 7.11 Å². The molecule has 4 saturated carbocycles. The number of ketones is 2. The second-order valence-corrected chi connectivity index (χ2v) is 15.0. The molecule has 4 nitrogen and oxygen atoms in total. The van der Waals surface area contributed by atoms with Crippen LogP contribution >= 0.6 is 0 Å². The molecule has 0 unspecified atom stereocenters. The standard InChI is InChI=1S/C31H46O4/c1-26(2)13-15-31(25(34)35-8)16-14-30(7)24(19(31)18-26)20(32)17-22-28(5)11-10-23(33)27(3,4)21(28)9-12-29(22,30)6/h10-11,19,21-22,24H,9,12-18H2,1-8H3/t19-,21-,22+,24-,28-,29+,30+,31-/m0/s1. The van der Waals surface area contributed by atoms with Gasteiger partial charge in [0.25, 0.3) is 0 Å². The highest BCUT2D eigenvalue weighted by molar-refractivity contribution is 5.96. The summed E-state index contributed by atoms with van der Waals surface area (Å²) in [5, 5.41) is 0. The second-order valence-electron chi connectivity index (χ2n) is 15.0. The molecule has 0 N–H and O–H groups in total. The molecule has 0 aliphatic heterocycles. The third-order valence-electron chi connectivity index (χ3n) is 12.9. The Labute approximate surface area is 212 Å². The summed E-state index contributed by atoms with van der Waals surface area (Å²) in [7, 11) is 1.52. The molecule has 5 rings (SSSR count). The molecular formula is C31H46O4. The molecule has 8 atom stereocenters. The van der Waals surface area contributed by atoms with Crippen LogP contribution in [0, 0.1) is 56.2 Å². The zero-order chi connectivity index (χ0) is 25.8. The van der Waals surface area contributed by atoms with Crippen LogP contribution < -0.4 is 0 Å². The normalized spacial score (nSPS) is 49.8. The van der Waals surface area contributed by atoms with Crippen molar-refractivity contribution in [1.82, 2.24) is 0 Å². The number of methoxy groups -OCH3 is 1. The average molecular weight is 483 g/mol. The first-order chi connectivity index (χ1) is 16.1. The van der Waals surface area contributed by atoms with E-state index >= 15 is 0 Å². The smallest absolute Gasteiger partial charge is 0.312 e. The number of fused-ring (bicyclic) bond motifs is 7. The van der Waals surface area contributed by atoms with E-state index in [0.29, 0.717) is 12.2 Å². The Morgan fingerprint density at radius 3 is 2.20 bits per heavy atom. The van der Waals surface area contributed by atoms with Crippen molar-refractivity contribution in [1.29, 1.82) is 0 Å². The maximum absolute atomic E-state index is 14.3. The Bertz CT molecular complexity index is 1010. The van der Waals surface area contributed by atoms with Crippen molar-refractivity contribution in [3.05, 3.63) is 12.2 Å². The van der Waals surface area contributed by atoms with Crippen molar-refractivity contribution in [3.63, 3.8) is 0 Å². The Balaban J connectivity index is 1.62. The fraction of sp³-hybridized carbons (Fsp3) is 0.839. The van der Waals surface area contributed by atoms with Gasteiger partial charge in [-0.15, -0.1) is 0 Å². The minimum atomic E-state index is -0.520. The molecule has 0 amide bonds. The number of esters is 1. The number of hydrogen-bond donors (Lipinski definition) is 0. The molecule has 5 aliphatic rings. The van der Waals surface area contributed by atoms with E-state index in [1.807, 2.05) is 6.08 Å². The topological polar surface area (TPSA) is 60.4 Å². The van der Waals surface area contributed by atoms with Crippen molar-refractivity contribution < 1.29 is 19.1 Å². The van der Waals surface area contributed by atoms with Crippen molar-refractivity contribution in [3.8, 4) is 0 Å². The Morgan fingerprint density at radius 1 is 0.886 bits per heavy atom. The first kappa shape index (κ1) is 25.2. The highest BCUT2D eigenvalue weighted by Gasteiger charge is 2.72. The van der Waals surface area contributed by atoms with E-state index in [1.54, 1.807) is 0 Å². The molecule has 4 fully saturated rings. The van der Waals surface area contributed by atoms with Gasteiger partial charge in [-0.05, 0) is 90.4 Å². The quantitative estimate of drug-likeness (QED) is 0.397. The summed E-state index contributed by atoms with van der Waals surface area (Å²) < 4.78 is 5.43. The lowest BCUT2D eigenvalue weighted by atomic mass is 9.32. The molecule has 0 heterocycles. The van der Waals surface area contributed by atoms with Crippen LogP contribution in [-0.2, 0) is 19.1 Å². The summed E-state index contributed by atoms with van der Waals surface area (Å²) in [4.78, 5) is 40.6. The van der Waals surface area contributed by atoms with Gasteiger partial charge in [-0.3, -0.25) is 14.4 Å². The molecule has 0 saturated heterocycles. The van der Waals surface area contributed by atoms with Gasteiger partial charge in [-0.25, -0.2) is 0 Å². The molecule has 5 aliphatic carbocycles. The second kappa shape index (κ2) is 7.32. The number of carbonyl (C=O) groups is 3. The Kier molecular flexibility index (Phi) is 5.27. The van der Waals surface area contributed by atoms with Gasteiger partial charge in [0.2, 0.25) is 0 Å². The molecule has 194 valence electrons. The van der Waals surface area contributed by atoms with Crippen molar-refractivity contribution in [2.45, 2.75) is 99.8 Å². The van der Waals surface area contributed by atoms with Gasteiger partial charge in [-0.1, -0.05) is 54.5 Å². The third kappa shape index (κ3) is 3.00. The summed E-state index contributed by atoms with van der Waals surface area (Å²) in [5.74, 6) is 0.909. The van der Waals surface area contributed by atoms with E-state index in [0.717, 1.165) is 44.9 Å². The van der Waals surface area contributed by atoms with Crippen LogP contribution in [0.1, 0.15) is 99.8 Å². The van der Waals surface area contributed by atoms with Crippen LogP contribution in [0.25, 0.3) is 0 Å². The van der Waals surface area contributed by atoms with Crippen LogP contribution in [0.5, 0.6) is 0 Å². The maximum atomic E-state index is 14.3. The van der Waals surface area contributed by atoms with E-state index in [9.17, 15) is 14.4 Å². The Morgan fingerprint density at radius 2 is 1.54 bits per heavy atom. The van der Waals surface area contributed by atoms with Gasteiger partial charge in [0.1, 0.15) is 5.78 Å². The maximum Gasteiger partial charge on any atom is 0.312 e. The molecule has 0 bridgehead atoms. The monoisotopic (exact) mass is 482 g/mol. The van der Waals surface area contributed by atoms with Gasteiger partial charge >= 0.3 is 5.97 Å².